The van der Waals surface area contributed by atoms with Crippen LogP contribution in [0.4, 0.5) is 0 Å². The number of Topliss-reactive ketones (excluding diaryl/α,β-unsaturated/α-hetero) is 2. The van der Waals surface area contributed by atoms with Crippen molar-refractivity contribution in [1.82, 2.24) is 0 Å². The standard InChI is InChI=1S/C28H42O7/c1-14(2)15(3)23(32)24(33)27(6,34)22-8-10-28(35)17-11-19(29)18-12-20(30)21(31)13-25(18,4)16(17)7-9-26(22,28)5/h11,14-16,18,20-22,30-31,34-35H,7-10,12-13H2,1-6H3. The first-order chi connectivity index (χ1) is 16.0. The molecule has 4 aliphatic carbocycles. The zero-order valence-electron chi connectivity index (χ0n) is 21.9. The van der Waals surface area contributed by atoms with E-state index in [9.17, 15) is 34.8 Å². The fourth-order valence-electron chi connectivity index (χ4n) is 8.19. The maximum absolute atomic E-state index is 13.3. The molecule has 7 nitrogen and oxygen atoms in total. The lowest BCUT2D eigenvalue weighted by Gasteiger charge is -2.60. The quantitative estimate of drug-likeness (QED) is 0.435. The molecule has 0 heterocycles. The monoisotopic (exact) mass is 490 g/mol. The van der Waals surface area contributed by atoms with Crippen molar-refractivity contribution < 1.29 is 34.8 Å². The Kier molecular flexibility index (Phi) is 6.32. The maximum atomic E-state index is 13.3. The number of aliphatic hydroxyl groups excluding tert-OH is 2. The number of fused-ring (bicyclic) bond motifs is 5. The molecule has 3 saturated carbocycles. The second-order valence-electron chi connectivity index (χ2n) is 13.0. The van der Waals surface area contributed by atoms with Crippen molar-refractivity contribution in [3.63, 3.8) is 0 Å². The van der Waals surface area contributed by atoms with Gasteiger partial charge in [-0.15, -0.1) is 0 Å². The van der Waals surface area contributed by atoms with Crippen molar-refractivity contribution in [2.75, 3.05) is 0 Å². The lowest BCUT2D eigenvalue weighted by Crippen LogP contribution is -2.63. The molecule has 3 fully saturated rings. The Morgan fingerprint density at radius 2 is 1.69 bits per heavy atom. The SMILES string of the molecule is CC(C)C(C)C(=O)C(=O)C(C)(O)C1CCC2(O)C3=CC(=O)C4CC(O)C(O)CC4(C)C3CCC12C. The zero-order chi connectivity index (χ0) is 26.3. The molecule has 7 heteroatoms. The van der Waals surface area contributed by atoms with Crippen LogP contribution in [0.25, 0.3) is 0 Å². The lowest BCUT2D eigenvalue weighted by molar-refractivity contribution is -0.170. The molecule has 0 aromatic heterocycles. The molecule has 0 spiro atoms. The van der Waals surface area contributed by atoms with Gasteiger partial charge in [0.1, 0.15) is 5.60 Å². The van der Waals surface area contributed by atoms with Gasteiger partial charge in [-0.2, -0.15) is 0 Å². The number of carbonyl (C=O) groups is 3. The smallest absolute Gasteiger partial charge is 0.230 e. The Labute approximate surface area is 208 Å². The number of ketones is 3. The Balaban J connectivity index is 1.71. The molecule has 4 N–H and O–H groups in total. The van der Waals surface area contributed by atoms with Gasteiger partial charge in [-0.1, -0.05) is 34.6 Å². The number of aliphatic hydroxyl groups is 4. The second kappa shape index (κ2) is 8.30. The van der Waals surface area contributed by atoms with Crippen LogP contribution in [0.15, 0.2) is 11.6 Å². The summed E-state index contributed by atoms with van der Waals surface area (Å²) in [6.07, 6.45) is 1.95. The third-order valence-corrected chi connectivity index (χ3v) is 10.9. The highest BCUT2D eigenvalue weighted by molar-refractivity contribution is 6.40. The van der Waals surface area contributed by atoms with Crippen molar-refractivity contribution in [2.24, 2.45) is 40.4 Å². The number of rotatable bonds is 5. The van der Waals surface area contributed by atoms with Gasteiger partial charge in [0.15, 0.2) is 5.78 Å². The van der Waals surface area contributed by atoms with Gasteiger partial charge in [-0.3, -0.25) is 14.4 Å². The Morgan fingerprint density at radius 1 is 1.06 bits per heavy atom. The normalized spacial score (nSPS) is 45.6. The highest BCUT2D eigenvalue weighted by atomic mass is 16.3. The molecule has 0 saturated heterocycles. The summed E-state index contributed by atoms with van der Waals surface area (Å²) in [6, 6.07) is 0. The first-order valence-electron chi connectivity index (χ1n) is 13.2. The summed E-state index contributed by atoms with van der Waals surface area (Å²) in [6.45, 7) is 10.7. The predicted molar refractivity (Wildman–Crippen MR) is 129 cm³/mol. The molecule has 196 valence electrons. The summed E-state index contributed by atoms with van der Waals surface area (Å²) in [5.74, 6) is -3.29. The van der Waals surface area contributed by atoms with Gasteiger partial charge in [0.05, 0.1) is 17.8 Å². The van der Waals surface area contributed by atoms with E-state index < -0.39 is 63.6 Å². The molecule has 0 aromatic carbocycles. The summed E-state index contributed by atoms with van der Waals surface area (Å²) in [5.41, 5.74) is -4.18. The van der Waals surface area contributed by atoms with Gasteiger partial charge < -0.3 is 20.4 Å². The topological polar surface area (TPSA) is 132 Å². The largest absolute Gasteiger partial charge is 0.390 e. The van der Waals surface area contributed by atoms with Gasteiger partial charge in [0, 0.05) is 23.2 Å². The fraction of sp³-hybridized carbons (Fsp3) is 0.821. The summed E-state index contributed by atoms with van der Waals surface area (Å²) in [4.78, 5) is 39.4. The van der Waals surface area contributed by atoms with Crippen LogP contribution in [-0.2, 0) is 14.4 Å². The van der Waals surface area contributed by atoms with Crippen LogP contribution in [0.5, 0.6) is 0 Å². The molecule has 0 radical (unpaired) electrons. The lowest BCUT2D eigenvalue weighted by atomic mass is 9.45. The van der Waals surface area contributed by atoms with E-state index in [1.807, 2.05) is 27.7 Å². The fourth-order valence-corrected chi connectivity index (χ4v) is 8.19. The number of carbonyl (C=O) groups excluding carboxylic acids is 3. The zero-order valence-corrected chi connectivity index (χ0v) is 21.9. The Morgan fingerprint density at radius 3 is 2.29 bits per heavy atom. The van der Waals surface area contributed by atoms with E-state index in [1.54, 1.807) is 13.0 Å². The first kappa shape index (κ1) is 26.6. The molecule has 4 aliphatic rings. The third-order valence-electron chi connectivity index (χ3n) is 10.9. The van der Waals surface area contributed by atoms with Gasteiger partial charge in [-0.25, -0.2) is 0 Å². The van der Waals surface area contributed by atoms with Gasteiger partial charge in [0.25, 0.3) is 0 Å². The highest BCUT2D eigenvalue weighted by Crippen LogP contribution is 2.68. The van der Waals surface area contributed by atoms with E-state index in [2.05, 4.69) is 0 Å². The summed E-state index contributed by atoms with van der Waals surface area (Å²) in [5, 5.41) is 44.4. The van der Waals surface area contributed by atoms with Crippen LogP contribution in [0.1, 0.15) is 80.1 Å². The minimum atomic E-state index is -1.93. The third kappa shape index (κ3) is 3.56. The van der Waals surface area contributed by atoms with E-state index in [0.717, 1.165) is 0 Å². The Bertz CT molecular complexity index is 966. The molecule has 35 heavy (non-hydrogen) atoms. The average molecular weight is 491 g/mol. The molecule has 0 aliphatic heterocycles. The van der Waals surface area contributed by atoms with Crippen LogP contribution in [-0.4, -0.2) is 61.2 Å². The van der Waals surface area contributed by atoms with E-state index in [-0.39, 0.29) is 36.9 Å². The van der Waals surface area contributed by atoms with Crippen LogP contribution in [0.3, 0.4) is 0 Å². The molecule has 0 aromatic rings. The average Bonchev–Trinajstić information content (AvgIpc) is 3.06. The summed E-state index contributed by atoms with van der Waals surface area (Å²) in [7, 11) is 0. The van der Waals surface area contributed by atoms with Crippen molar-refractivity contribution in [3.8, 4) is 0 Å². The van der Waals surface area contributed by atoms with Gasteiger partial charge in [0.2, 0.25) is 11.6 Å². The van der Waals surface area contributed by atoms with Crippen LogP contribution in [0.2, 0.25) is 0 Å². The van der Waals surface area contributed by atoms with Crippen molar-refractivity contribution in [2.45, 2.75) is 103 Å². The van der Waals surface area contributed by atoms with Gasteiger partial charge in [-0.05, 0) is 74.3 Å². The molecular formula is C28H42O7. The van der Waals surface area contributed by atoms with E-state index >= 15 is 0 Å². The molecule has 0 bridgehead atoms. The summed E-state index contributed by atoms with van der Waals surface area (Å²) < 4.78 is 0. The maximum Gasteiger partial charge on any atom is 0.230 e. The molecule has 10 atom stereocenters. The van der Waals surface area contributed by atoms with Crippen molar-refractivity contribution in [3.05, 3.63) is 11.6 Å². The van der Waals surface area contributed by atoms with Gasteiger partial charge >= 0.3 is 0 Å². The Hall–Kier alpha value is -1.41. The minimum absolute atomic E-state index is 0.0368. The summed E-state index contributed by atoms with van der Waals surface area (Å²) >= 11 is 0. The molecule has 0 amide bonds. The van der Waals surface area contributed by atoms with Crippen LogP contribution in [0, 0.1) is 40.4 Å². The van der Waals surface area contributed by atoms with Crippen LogP contribution >= 0.6 is 0 Å². The molecule has 10 unspecified atom stereocenters. The predicted octanol–water partition coefficient (Wildman–Crippen LogP) is 2.37. The number of allylic oxidation sites excluding steroid dienone is 1. The van der Waals surface area contributed by atoms with Crippen molar-refractivity contribution in [1.29, 1.82) is 0 Å². The first-order valence-corrected chi connectivity index (χ1v) is 13.2. The van der Waals surface area contributed by atoms with Crippen LogP contribution < -0.4 is 0 Å². The molecular weight excluding hydrogens is 448 g/mol. The van der Waals surface area contributed by atoms with E-state index in [0.29, 0.717) is 24.8 Å². The number of hydrogen-bond acceptors (Lipinski definition) is 7. The highest BCUT2D eigenvalue weighted by Gasteiger charge is 2.69. The van der Waals surface area contributed by atoms with Crippen molar-refractivity contribution >= 4 is 17.3 Å². The van der Waals surface area contributed by atoms with E-state index in [1.165, 1.54) is 6.92 Å². The van der Waals surface area contributed by atoms with E-state index in [4.69, 9.17) is 0 Å². The minimum Gasteiger partial charge on any atom is -0.390 e. The second-order valence-corrected chi connectivity index (χ2v) is 13.0. The number of hydrogen-bond donors (Lipinski definition) is 4. The molecule has 4 rings (SSSR count).